The molecule has 1 aromatic carbocycles. The Kier molecular flexibility index (Phi) is 9.16. The molecule has 0 aromatic heterocycles. The lowest BCUT2D eigenvalue weighted by Crippen LogP contribution is -2.15. The van der Waals surface area contributed by atoms with Crippen LogP contribution in [0.2, 0.25) is 0 Å². The second-order valence-electron chi connectivity index (χ2n) is 7.66. The number of hydrogen-bond donors (Lipinski definition) is 0. The van der Waals surface area contributed by atoms with Gasteiger partial charge in [0.05, 0.1) is 6.33 Å². The van der Waals surface area contributed by atoms with Gasteiger partial charge in [-0.1, -0.05) is 95.1 Å². The first kappa shape index (κ1) is 19.2. The van der Waals surface area contributed by atoms with Crippen molar-refractivity contribution in [2.24, 2.45) is 11.8 Å². The molecule has 1 aliphatic rings. The SMILES string of the molecule is CCCCCC[C@H]1CC[C@H](CCc2ccc(C/C=C/F)cc2)CC1. The van der Waals surface area contributed by atoms with E-state index in [1.54, 1.807) is 6.08 Å². The van der Waals surface area contributed by atoms with E-state index in [0.717, 1.165) is 11.8 Å². The highest BCUT2D eigenvalue weighted by Gasteiger charge is 2.20. The molecule has 134 valence electrons. The zero-order valence-corrected chi connectivity index (χ0v) is 15.5. The third kappa shape index (κ3) is 7.20. The van der Waals surface area contributed by atoms with Crippen molar-refractivity contribution in [1.82, 2.24) is 0 Å². The first-order valence-corrected chi connectivity index (χ1v) is 10.1. The van der Waals surface area contributed by atoms with Crippen LogP contribution in [0.4, 0.5) is 4.39 Å². The molecule has 0 atom stereocenters. The summed E-state index contributed by atoms with van der Waals surface area (Å²) < 4.78 is 12.0. The predicted octanol–water partition coefficient (Wildman–Crippen LogP) is 7.42. The highest BCUT2D eigenvalue weighted by Crippen LogP contribution is 2.34. The molecule has 0 aliphatic heterocycles. The van der Waals surface area contributed by atoms with Gasteiger partial charge in [0.25, 0.3) is 0 Å². The van der Waals surface area contributed by atoms with Gasteiger partial charge in [0, 0.05) is 0 Å². The van der Waals surface area contributed by atoms with Crippen LogP contribution < -0.4 is 0 Å². The summed E-state index contributed by atoms with van der Waals surface area (Å²) in [5.74, 6) is 1.95. The summed E-state index contributed by atoms with van der Waals surface area (Å²) in [5, 5.41) is 0. The molecule has 0 saturated heterocycles. The molecule has 0 unspecified atom stereocenters. The summed E-state index contributed by atoms with van der Waals surface area (Å²) in [4.78, 5) is 0. The lowest BCUT2D eigenvalue weighted by atomic mass is 9.77. The minimum atomic E-state index is 0.633. The molecule has 1 saturated carbocycles. The van der Waals surface area contributed by atoms with E-state index in [0.29, 0.717) is 12.8 Å². The Bertz CT molecular complexity index is 451. The Hall–Kier alpha value is -1.11. The van der Waals surface area contributed by atoms with Crippen molar-refractivity contribution in [3.63, 3.8) is 0 Å². The van der Waals surface area contributed by atoms with Gasteiger partial charge in [-0.25, -0.2) is 4.39 Å². The molecular weight excluding hydrogens is 295 g/mol. The van der Waals surface area contributed by atoms with Crippen molar-refractivity contribution in [3.8, 4) is 0 Å². The highest BCUT2D eigenvalue weighted by molar-refractivity contribution is 5.24. The Morgan fingerprint density at radius 3 is 2.12 bits per heavy atom. The van der Waals surface area contributed by atoms with Gasteiger partial charge in [-0.3, -0.25) is 0 Å². The molecule has 0 radical (unpaired) electrons. The Labute approximate surface area is 148 Å². The fourth-order valence-corrected chi connectivity index (χ4v) is 4.06. The van der Waals surface area contributed by atoms with E-state index >= 15 is 0 Å². The lowest BCUT2D eigenvalue weighted by molar-refractivity contribution is 0.249. The van der Waals surface area contributed by atoms with E-state index in [-0.39, 0.29) is 0 Å². The van der Waals surface area contributed by atoms with Gasteiger partial charge in [-0.2, -0.15) is 0 Å². The predicted molar refractivity (Wildman–Crippen MR) is 103 cm³/mol. The molecule has 1 aliphatic carbocycles. The molecule has 0 N–H and O–H groups in total. The molecule has 0 spiro atoms. The maximum atomic E-state index is 12.0. The van der Waals surface area contributed by atoms with Crippen molar-refractivity contribution in [3.05, 3.63) is 47.8 Å². The number of halogens is 1. The van der Waals surface area contributed by atoms with Crippen molar-refractivity contribution in [1.29, 1.82) is 0 Å². The molecule has 2 rings (SSSR count). The topological polar surface area (TPSA) is 0 Å². The molecule has 1 heteroatoms. The number of aryl methyl sites for hydroxylation is 1. The van der Waals surface area contributed by atoms with Crippen molar-refractivity contribution in [2.45, 2.75) is 84.0 Å². The van der Waals surface area contributed by atoms with Crippen LogP contribution in [0.25, 0.3) is 0 Å². The van der Waals surface area contributed by atoms with Gasteiger partial charge in [0.15, 0.2) is 0 Å². The van der Waals surface area contributed by atoms with Crippen LogP contribution in [0.3, 0.4) is 0 Å². The molecule has 0 amide bonds. The summed E-state index contributed by atoms with van der Waals surface area (Å²) in [7, 11) is 0. The molecule has 0 bridgehead atoms. The van der Waals surface area contributed by atoms with Crippen LogP contribution in [0, 0.1) is 11.8 Å². The van der Waals surface area contributed by atoms with Gasteiger partial charge >= 0.3 is 0 Å². The fourth-order valence-electron chi connectivity index (χ4n) is 4.06. The number of rotatable bonds is 10. The maximum Gasteiger partial charge on any atom is 0.0830 e. The highest BCUT2D eigenvalue weighted by atomic mass is 19.1. The maximum absolute atomic E-state index is 12.0. The minimum absolute atomic E-state index is 0.633. The monoisotopic (exact) mass is 330 g/mol. The zero-order valence-electron chi connectivity index (χ0n) is 15.5. The lowest BCUT2D eigenvalue weighted by Gasteiger charge is -2.28. The quantitative estimate of drug-likeness (QED) is 0.391. The molecule has 1 aromatic rings. The smallest absolute Gasteiger partial charge is 0.0830 e. The number of unbranched alkanes of at least 4 members (excludes halogenated alkanes) is 3. The van der Waals surface area contributed by atoms with Crippen LogP contribution in [-0.2, 0) is 12.8 Å². The number of hydrogen-bond acceptors (Lipinski definition) is 0. The summed E-state index contributed by atoms with van der Waals surface area (Å²) in [6.45, 7) is 2.29. The largest absolute Gasteiger partial charge is 0.216 e. The zero-order chi connectivity index (χ0) is 17.0. The van der Waals surface area contributed by atoms with E-state index in [1.165, 1.54) is 81.8 Å². The molecule has 0 heterocycles. The third-order valence-corrected chi connectivity index (χ3v) is 5.74. The van der Waals surface area contributed by atoms with Gasteiger partial charge in [-0.15, -0.1) is 0 Å². The van der Waals surface area contributed by atoms with E-state index in [9.17, 15) is 4.39 Å². The molecule has 0 nitrogen and oxygen atoms in total. The normalized spacial score (nSPS) is 21.4. The van der Waals surface area contributed by atoms with Crippen molar-refractivity contribution < 1.29 is 4.39 Å². The van der Waals surface area contributed by atoms with Crippen LogP contribution >= 0.6 is 0 Å². The van der Waals surface area contributed by atoms with E-state index in [2.05, 4.69) is 31.2 Å². The molecule has 24 heavy (non-hydrogen) atoms. The van der Waals surface area contributed by atoms with Crippen LogP contribution in [-0.4, -0.2) is 0 Å². The minimum Gasteiger partial charge on any atom is -0.216 e. The first-order chi connectivity index (χ1) is 11.8. The summed E-state index contributed by atoms with van der Waals surface area (Å²) in [6.07, 6.45) is 18.4. The fraction of sp³-hybridized carbons (Fsp3) is 0.652. The van der Waals surface area contributed by atoms with Crippen molar-refractivity contribution >= 4 is 0 Å². The first-order valence-electron chi connectivity index (χ1n) is 10.1. The Morgan fingerprint density at radius 2 is 1.50 bits per heavy atom. The van der Waals surface area contributed by atoms with Gasteiger partial charge in [-0.05, 0) is 42.2 Å². The second kappa shape index (κ2) is 11.4. The summed E-state index contributed by atoms with van der Waals surface area (Å²) >= 11 is 0. The Balaban J connectivity index is 1.62. The average molecular weight is 331 g/mol. The standard InChI is InChI=1S/C23H35F/c1-2-3-4-5-7-20-9-13-22(14-10-20)17-18-23-15-11-21(12-16-23)8-6-19-24/h6,11-12,15-16,19-20,22H,2-5,7-10,13-14,17-18H2,1H3/b19-6+/t20-,22-. The summed E-state index contributed by atoms with van der Waals surface area (Å²) in [5.41, 5.74) is 2.63. The van der Waals surface area contributed by atoms with Crippen molar-refractivity contribution in [2.75, 3.05) is 0 Å². The number of benzene rings is 1. The van der Waals surface area contributed by atoms with E-state index in [4.69, 9.17) is 0 Å². The molecular formula is C23H35F. The van der Waals surface area contributed by atoms with Gasteiger partial charge in [0.2, 0.25) is 0 Å². The average Bonchev–Trinajstić information content (AvgIpc) is 2.64. The second-order valence-corrected chi connectivity index (χ2v) is 7.66. The molecule has 1 fully saturated rings. The van der Waals surface area contributed by atoms with Crippen LogP contribution in [0.15, 0.2) is 36.7 Å². The van der Waals surface area contributed by atoms with Gasteiger partial charge in [0.1, 0.15) is 0 Å². The van der Waals surface area contributed by atoms with Crippen LogP contribution in [0.5, 0.6) is 0 Å². The summed E-state index contributed by atoms with van der Waals surface area (Å²) in [6, 6.07) is 8.73. The van der Waals surface area contributed by atoms with E-state index in [1.807, 2.05) is 0 Å². The van der Waals surface area contributed by atoms with E-state index < -0.39 is 0 Å². The number of allylic oxidation sites excluding steroid dienone is 1. The van der Waals surface area contributed by atoms with Crippen LogP contribution in [0.1, 0.15) is 82.3 Å². The Morgan fingerprint density at radius 1 is 0.875 bits per heavy atom. The van der Waals surface area contributed by atoms with Gasteiger partial charge < -0.3 is 0 Å². The third-order valence-electron chi connectivity index (χ3n) is 5.74.